The van der Waals surface area contributed by atoms with Crippen LogP contribution in [0, 0.1) is 11.6 Å². The Morgan fingerprint density at radius 3 is 2.58 bits per heavy atom. The van der Waals surface area contributed by atoms with E-state index in [1.807, 2.05) is 0 Å². The van der Waals surface area contributed by atoms with Gasteiger partial charge in [-0.15, -0.1) is 0 Å². The number of sulfonamides is 1. The molecule has 0 heterocycles. The Morgan fingerprint density at radius 1 is 1.17 bits per heavy atom. The number of hydrogen-bond acceptors (Lipinski definition) is 4. The average Bonchev–Trinajstić information content (AvgIpc) is 2.81. The molecule has 0 spiro atoms. The van der Waals surface area contributed by atoms with Crippen molar-refractivity contribution in [3.8, 4) is 0 Å². The number of halogens is 2. The van der Waals surface area contributed by atoms with E-state index in [0.717, 1.165) is 30.2 Å². The molecule has 2 aromatic rings. The lowest BCUT2D eigenvalue weighted by Gasteiger charge is -2.14. The van der Waals surface area contributed by atoms with E-state index in [0.29, 0.717) is 16.0 Å². The van der Waals surface area contributed by atoms with Gasteiger partial charge in [0.05, 0.1) is 18.0 Å². The molecule has 4 nitrogen and oxygen atoms in total. The lowest BCUT2D eigenvalue weighted by atomic mass is 10.1. The van der Waals surface area contributed by atoms with Gasteiger partial charge in [-0.25, -0.2) is 17.2 Å². The van der Waals surface area contributed by atoms with Gasteiger partial charge in [-0.2, -0.15) is 0 Å². The maximum absolute atomic E-state index is 13.9. The molecule has 2 N–H and O–H groups in total. The molecule has 126 valence electrons. The zero-order valence-electron chi connectivity index (χ0n) is 12.5. The van der Waals surface area contributed by atoms with Gasteiger partial charge in [0.1, 0.15) is 11.6 Å². The van der Waals surface area contributed by atoms with Crippen LogP contribution in [0.1, 0.15) is 17.2 Å². The van der Waals surface area contributed by atoms with Crippen molar-refractivity contribution in [2.24, 2.45) is 0 Å². The van der Waals surface area contributed by atoms with Crippen LogP contribution in [0.25, 0.3) is 6.08 Å². The summed E-state index contributed by atoms with van der Waals surface area (Å²) in [6.07, 6.45) is 3.46. The highest BCUT2D eigenvalue weighted by Gasteiger charge is 2.20. The Balaban J connectivity index is 2.06. The molecular formula is C16H13F2NO3S2. The summed E-state index contributed by atoms with van der Waals surface area (Å²) in [4.78, 5) is 0.556. The van der Waals surface area contributed by atoms with Crippen molar-refractivity contribution < 1.29 is 22.3 Å². The second-order valence-electron chi connectivity index (χ2n) is 5.33. The van der Waals surface area contributed by atoms with E-state index in [2.05, 4.69) is 4.72 Å². The molecule has 1 aliphatic rings. The SMILES string of the molecule is CS(=O)(=O)Nc1cc2c(cc1Sc1ccc(F)cc1F)C(O)C=C2. The van der Waals surface area contributed by atoms with Crippen LogP contribution in [0.2, 0.25) is 0 Å². The lowest BCUT2D eigenvalue weighted by molar-refractivity contribution is 0.232. The number of anilines is 1. The minimum atomic E-state index is -3.54. The third-order valence-corrected chi connectivity index (χ3v) is 5.07. The highest BCUT2D eigenvalue weighted by molar-refractivity contribution is 7.99. The first-order chi connectivity index (χ1) is 11.2. The van der Waals surface area contributed by atoms with E-state index in [1.54, 1.807) is 24.3 Å². The Labute approximate surface area is 142 Å². The minimum Gasteiger partial charge on any atom is -0.384 e. The van der Waals surface area contributed by atoms with Gasteiger partial charge in [-0.05, 0) is 35.4 Å². The maximum Gasteiger partial charge on any atom is 0.229 e. The quantitative estimate of drug-likeness (QED) is 0.865. The van der Waals surface area contributed by atoms with E-state index >= 15 is 0 Å². The molecule has 8 heteroatoms. The Hall–Kier alpha value is -1.90. The predicted molar refractivity (Wildman–Crippen MR) is 89.4 cm³/mol. The number of hydrogen-bond donors (Lipinski definition) is 2. The molecule has 24 heavy (non-hydrogen) atoms. The van der Waals surface area contributed by atoms with Crippen LogP contribution in [0.15, 0.2) is 46.2 Å². The molecule has 0 fully saturated rings. The number of aliphatic hydroxyl groups excluding tert-OH is 1. The summed E-state index contributed by atoms with van der Waals surface area (Å²) in [5.41, 5.74) is 1.54. The van der Waals surface area contributed by atoms with Crippen LogP contribution in [-0.4, -0.2) is 19.8 Å². The van der Waals surface area contributed by atoms with Crippen molar-refractivity contribution in [1.82, 2.24) is 0 Å². The summed E-state index contributed by atoms with van der Waals surface area (Å²) in [6.45, 7) is 0. The summed E-state index contributed by atoms with van der Waals surface area (Å²) in [5, 5.41) is 9.93. The number of fused-ring (bicyclic) bond motifs is 1. The second kappa shape index (κ2) is 6.19. The molecule has 0 bridgehead atoms. The monoisotopic (exact) mass is 369 g/mol. The van der Waals surface area contributed by atoms with Gasteiger partial charge in [0.25, 0.3) is 0 Å². The molecule has 0 saturated carbocycles. The number of aliphatic hydroxyl groups is 1. The molecule has 0 aliphatic heterocycles. The van der Waals surface area contributed by atoms with Gasteiger partial charge in [0.15, 0.2) is 0 Å². The van der Waals surface area contributed by atoms with Crippen LogP contribution >= 0.6 is 11.8 Å². The molecule has 0 amide bonds. The summed E-state index contributed by atoms with van der Waals surface area (Å²) >= 11 is 0.951. The maximum atomic E-state index is 13.9. The molecule has 2 aromatic carbocycles. The lowest BCUT2D eigenvalue weighted by Crippen LogP contribution is -2.11. The summed E-state index contributed by atoms with van der Waals surface area (Å²) < 4.78 is 52.5. The smallest absolute Gasteiger partial charge is 0.229 e. The van der Waals surface area contributed by atoms with E-state index < -0.39 is 27.8 Å². The molecule has 0 aromatic heterocycles. The van der Waals surface area contributed by atoms with Gasteiger partial charge in [-0.1, -0.05) is 23.9 Å². The van der Waals surface area contributed by atoms with Crippen molar-refractivity contribution >= 4 is 33.5 Å². The minimum absolute atomic E-state index is 0.147. The van der Waals surface area contributed by atoms with Gasteiger partial charge < -0.3 is 5.11 Å². The molecule has 3 rings (SSSR count). The largest absolute Gasteiger partial charge is 0.384 e. The third-order valence-electron chi connectivity index (χ3n) is 3.37. The first-order valence-corrected chi connectivity index (χ1v) is 9.58. The topological polar surface area (TPSA) is 66.4 Å². The number of nitrogens with one attached hydrogen (secondary N) is 1. The summed E-state index contributed by atoms with van der Waals surface area (Å²) in [6, 6.07) is 6.34. The molecular weight excluding hydrogens is 356 g/mol. The van der Waals surface area contributed by atoms with E-state index in [1.165, 1.54) is 6.07 Å². The molecule has 1 atom stereocenters. The van der Waals surface area contributed by atoms with Crippen LogP contribution in [-0.2, 0) is 10.0 Å². The Kier molecular flexibility index (Phi) is 4.37. The van der Waals surface area contributed by atoms with E-state index in [9.17, 15) is 22.3 Å². The average molecular weight is 369 g/mol. The van der Waals surface area contributed by atoms with Crippen LogP contribution in [0.4, 0.5) is 14.5 Å². The van der Waals surface area contributed by atoms with Gasteiger partial charge in [0, 0.05) is 15.9 Å². The number of rotatable bonds is 4. The summed E-state index contributed by atoms with van der Waals surface area (Å²) in [7, 11) is -3.54. The Morgan fingerprint density at radius 2 is 1.92 bits per heavy atom. The highest BCUT2D eigenvalue weighted by atomic mass is 32.2. The highest BCUT2D eigenvalue weighted by Crippen LogP contribution is 2.40. The van der Waals surface area contributed by atoms with E-state index in [4.69, 9.17) is 0 Å². The normalized spacial score (nSPS) is 16.2. The van der Waals surface area contributed by atoms with Crippen molar-refractivity contribution in [1.29, 1.82) is 0 Å². The molecule has 0 saturated heterocycles. The third kappa shape index (κ3) is 3.61. The number of benzene rings is 2. The predicted octanol–water partition coefficient (Wildman–Crippen LogP) is 3.55. The molecule has 1 aliphatic carbocycles. The van der Waals surface area contributed by atoms with Crippen molar-refractivity contribution in [3.63, 3.8) is 0 Å². The van der Waals surface area contributed by atoms with E-state index in [-0.39, 0.29) is 10.6 Å². The van der Waals surface area contributed by atoms with Crippen LogP contribution in [0.3, 0.4) is 0 Å². The molecule has 0 radical (unpaired) electrons. The zero-order chi connectivity index (χ0) is 17.5. The van der Waals surface area contributed by atoms with Gasteiger partial charge in [0.2, 0.25) is 10.0 Å². The van der Waals surface area contributed by atoms with Gasteiger partial charge >= 0.3 is 0 Å². The second-order valence-corrected chi connectivity index (χ2v) is 8.16. The first-order valence-electron chi connectivity index (χ1n) is 6.88. The van der Waals surface area contributed by atoms with Crippen LogP contribution < -0.4 is 4.72 Å². The van der Waals surface area contributed by atoms with Crippen molar-refractivity contribution in [2.75, 3.05) is 11.0 Å². The van der Waals surface area contributed by atoms with Crippen molar-refractivity contribution in [3.05, 3.63) is 59.2 Å². The molecule has 1 unspecified atom stereocenters. The fourth-order valence-corrected chi connectivity index (χ4v) is 3.92. The van der Waals surface area contributed by atoms with Gasteiger partial charge in [-0.3, -0.25) is 4.72 Å². The summed E-state index contributed by atoms with van der Waals surface area (Å²) in [5.74, 6) is -1.44. The fourth-order valence-electron chi connectivity index (χ4n) is 2.35. The van der Waals surface area contributed by atoms with Crippen LogP contribution in [0.5, 0.6) is 0 Å². The Bertz CT molecular complexity index is 943. The zero-order valence-corrected chi connectivity index (χ0v) is 14.1. The van der Waals surface area contributed by atoms with Crippen molar-refractivity contribution in [2.45, 2.75) is 15.9 Å². The first kappa shape index (κ1) is 16.9. The standard InChI is InChI=1S/C16H13F2NO3S2/c1-24(21,22)19-13-6-9-2-4-14(20)11(9)8-16(13)23-15-5-3-10(17)7-12(15)18/h2-8,14,19-20H,1H3. The fraction of sp³-hybridized carbons (Fsp3) is 0.125.